The molecule has 1 unspecified atom stereocenters. The van der Waals surface area contributed by atoms with Crippen molar-refractivity contribution in [3.05, 3.63) is 17.5 Å². The number of rotatable bonds is 4. The minimum absolute atomic E-state index is 0.208. The van der Waals surface area contributed by atoms with Crippen molar-refractivity contribution in [1.82, 2.24) is 15.4 Å². The molecule has 1 aromatic heterocycles. The SMILES string of the molecule is CC(C)c1cc(CNC2CCCN(C(=O)OC(C)(C)C)CC2)on1. The molecule has 136 valence electrons. The topological polar surface area (TPSA) is 67.6 Å². The zero-order chi connectivity index (χ0) is 17.7. The van der Waals surface area contributed by atoms with Gasteiger partial charge < -0.3 is 19.5 Å². The second kappa shape index (κ2) is 8.01. The Morgan fingerprint density at radius 2 is 2.17 bits per heavy atom. The van der Waals surface area contributed by atoms with Crippen molar-refractivity contribution in [3.63, 3.8) is 0 Å². The number of nitrogens with one attached hydrogen (secondary N) is 1. The first-order valence-electron chi connectivity index (χ1n) is 8.91. The van der Waals surface area contributed by atoms with E-state index in [1.807, 2.05) is 31.7 Å². The van der Waals surface area contributed by atoms with Crippen molar-refractivity contribution in [1.29, 1.82) is 0 Å². The van der Waals surface area contributed by atoms with Crippen molar-refractivity contribution in [2.24, 2.45) is 0 Å². The summed E-state index contributed by atoms with van der Waals surface area (Å²) in [7, 11) is 0. The molecular weight excluding hydrogens is 306 g/mol. The van der Waals surface area contributed by atoms with Crippen LogP contribution in [0, 0.1) is 0 Å². The summed E-state index contributed by atoms with van der Waals surface area (Å²) in [4.78, 5) is 14.0. The number of carbonyl (C=O) groups excluding carboxylic acids is 1. The monoisotopic (exact) mass is 337 g/mol. The van der Waals surface area contributed by atoms with E-state index in [1.165, 1.54) is 0 Å². The minimum atomic E-state index is -0.443. The average molecular weight is 337 g/mol. The summed E-state index contributed by atoms with van der Waals surface area (Å²) >= 11 is 0. The van der Waals surface area contributed by atoms with Crippen LogP contribution in [0.3, 0.4) is 0 Å². The first kappa shape index (κ1) is 18.8. The van der Waals surface area contributed by atoms with Crippen molar-refractivity contribution < 1.29 is 14.1 Å². The van der Waals surface area contributed by atoms with Gasteiger partial charge in [0.15, 0.2) is 5.76 Å². The summed E-state index contributed by atoms with van der Waals surface area (Å²) in [6.45, 7) is 12.1. The molecule has 1 fully saturated rings. The molecule has 1 atom stereocenters. The normalized spacial score (nSPS) is 19.4. The number of hydrogen-bond donors (Lipinski definition) is 1. The fraction of sp³-hybridized carbons (Fsp3) is 0.778. The first-order chi connectivity index (χ1) is 11.2. The van der Waals surface area contributed by atoms with Crippen molar-refractivity contribution in [3.8, 4) is 0 Å². The van der Waals surface area contributed by atoms with Gasteiger partial charge in [0.2, 0.25) is 0 Å². The molecule has 1 aliphatic heterocycles. The van der Waals surface area contributed by atoms with E-state index >= 15 is 0 Å². The third kappa shape index (κ3) is 5.82. The lowest BCUT2D eigenvalue weighted by Crippen LogP contribution is -2.38. The van der Waals surface area contributed by atoms with Crippen LogP contribution in [0.1, 0.15) is 71.3 Å². The van der Waals surface area contributed by atoms with Gasteiger partial charge in [-0.15, -0.1) is 0 Å². The van der Waals surface area contributed by atoms with Gasteiger partial charge in [-0.05, 0) is 46.0 Å². The fourth-order valence-corrected chi connectivity index (χ4v) is 2.74. The minimum Gasteiger partial charge on any atom is -0.444 e. The lowest BCUT2D eigenvalue weighted by molar-refractivity contribution is 0.0256. The van der Waals surface area contributed by atoms with Gasteiger partial charge in [-0.3, -0.25) is 0 Å². The molecule has 6 heteroatoms. The maximum atomic E-state index is 12.2. The molecule has 0 bridgehead atoms. The van der Waals surface area contributed by atoms with Crippen LogP contribution in [0.4, 0.5) is 4.79 Å². The molecule has 0 radical (unpaired) electrons. The Balaban J connectivity index is 1.79. The molecule has 2 rings (SSSR count). The Bertz CT molecular complexity index is 534. The highest BCUT2D eigenvalue weighted by atomic mass is 16.6. The lowest BCUT2D eigenvalue weighted by atomic mass is 10.1. The van der Waals surface area contributed by atoms with Gasteiger partial charge in [-0.1, -0.05) is 19.0 Å². The summed E-state index contributed by atoms with van der Waals surface area (Å²) in [6.07, 6.45) is 2.74. The van der Waals surface area contributed by atoms with Gasteiger partial charge in [0.25, 0.3) is 0 Å². The number of hydrogen-bond acceptors (Lipinski definition) is 5. The van der Waals surface area contributed by atoms with Crippen molar-refractivity contribution >= 4 is 6.09 Å². The zero-order valence-electron chi connectivity index (χ0n) is 15.6. The van der Waals surface area contributed by atoms with E-state index < -0.39 is 5.60 Å². The third-order valence-electron chi connectivity index (χ3n) is 4.11. The molecule has 1 aromatic rings. The predicted molar refractivity (Wildman–Crippen MR) is 92.9 cm³/mol. The van der Waals surface area contributed by atoms with Crippen LogP contribution in [0.15, 0.2) is 10.6 Å². The molecular formula is C18H31N3O3. The Hall–Kier alpha value is -1.56. The molecule has 1 N–H and O–H groups in total. The van der Waals surface area contributed by atoms with Crippen LogP contribution in [-0.2, 0) is 11.3 Å². The number of likely N-dealkylation sites (tertiary alicyclic amines) is 1. The van der Waals surface area contributed by atoms with Crippen LogP contribution in [0.2, 0.25) is 0 Å². The number of carbonyl (C=O) groups is 1. The molecule has 24 heavy (non-hydrogen) atoms. The van der Waals surface area contributed by atoms with Crippen LogP contribution < -0.4 is 5.32 Å². The molecule has 0 saturated carbocycles. The summed E-state index contributed by atoms with van der Waals surface area (Å²) in [5, 5.41) is 7.61. The highest BCUT2D eigenvalue weighted by Crippen LogP contribution is 2.17. The van der Waals surface area contributed by atoms with E-state index in [2.05, 4.69) is 24.3 Å². The molecule has 1 aliphatic rings. The Morgan fingerprint density at radius 1 is 1.42 bits per heavy atom. The van der Waals surface area contributed by atoms with E-state index in [9.17, 15) is 4.79 Å². The Morgan fingerprint density at radius 3 is 2.79 bits per heavy atom. The van der Waals surface area contributed by atoms with E-state index in [1.54, 1.807) is 0 Å². The van der Waals surface area contributed by atoms with Gasteiger partial charge in [-0.2, -0.15) is 0 Å². The van der Waals surface area contributed by atoms with Crippen LogP contribution in [0.25, 0.3) is 0 Å². The number of amides is 1. The molecule has 0 spiro atoms. The predicted octanol–water partition coefficient (Wildman–Crippen LogP) is 3.68. The van der Waals surface area contributed by atoms with Gasteiger partial charge in [0.1, 0.15) is 5.60 Å². The van der Waals surface area contributed by atoms with Crippen LogP contribution in [0.5, 0.6) is 0 Å². The van der Waals surface area contributed by atoms with E-state index in [4.69, 9.17) is 9.26 Å². The summed E-state index contributed by atoms with van der Waals surface area (Å²) < 4.78 is 10.8. The molecule has 1 saturated heterocycles. The first-order valence-corrected chi connectivity index (χ1v) is 8.91. The van der Waals surface area contributed by atoms with Crippen LogP contribution in [-0.4, -0.2) is 40.9 Å². The van der Waals surface area contributed by atoms with Gasteiger partial charge in [0.05, 0.1) is 12.2 Å². The van der Waals surface area contributed by atoms with Gasteiger partial charge in [0, 0.05) is 25.2 Å². The lowest BCUT2D eigenvalue weighted by Gasteiger charge is -2.26. The molecule has 1 amide bonds. The Kier molecular flexibility index (Phi) is 6.27. The fourth-order valence-electron chi connectivity index (χ4n) is 2.74. The Labute approximate surface area is 144 Å². The summed E-state index contributed by atoms with van der Waals surface area (Å²) in [6, 6.07) is 2.39. The van der Waals surface area contributed by atoms with Crippen molar-refractivity contribution in [2.45, 2.75) is 78.0 Å². The van der Waals surface area contributed by atoms with Crippen LogP contribution >= 0.6 is 0 Å². The van der Waals surface area contributed by atoms with E-state index in [0.29, 0.717) is 18.5 Å². The number of nitrogens with zero attached hydrogens (tertiary/aromatic N) is 2. The quantitative estimate of drug-likeness (QED) is 0.908. The smallest absolute Gasteiger partial charge is 0.410 e. The van der Waals surface area contributed by atoms with Gasteiger partial charge >= 0.3 is 6.09 Å². The second-order valence-corrected chi connectivity index (χ2v) is 7.85. The number of aromatic nitrogens is 1. The highest BCUT2D eigenvalue weighted by Gasteiger charge is 2.25. The van der Waals surface area contributed by atoms with Crippen molar-refractivity contribution in [2.75, 3.05) is 13.1 Å². The maximum Gasteiger partial charge on any atom is 0.410 e. The zero-order valence-corrected chi connectivity index (χ0v) is 15.6. The second-order valence-electron chi connectivity index (χ2n) is 7.85. The largest absolute Gasteiger partial charge is 0.444 e. The van der Waals surface area contributed by atoms with E-state index in [-0.39, 0.29) is 6.09 Å². The highest BCUT2D eigenvalue weighted by molar-refractivity contribution is 5.68. The third-order valence-corrected chi connectivity index (χ3v) is 4.11. The molecule has 2 heterocycles. The van der Waals surface area contributed by atoms with E-state index in [0.717, 1.165) is 43.8 Å². The molecule has 0 aromatic carbocycles. The summed E-state index contributed by atoms with van der Waals surface area (Å²) in [5.41, 5.74) is 0.547. The molecule has 0 aliphatic carbocycles. The average Bonchev–Trinajstić information content (AvgIpc) is 2.82. The standard InChI is InChI=1S/C18H31N3O3/c1-13(2)16-11-15(24-20-16)12-19-14-7-6-9-21(10-8-14)17(22)23-18(3,4)5/h11,13-14,19H,6-10,12H2,1-5H3. The summed E-state index contributed by atoms with van der Waals surface area (Å²) in [5.74, 6) is 1.25. The van der Waals surface area contributed by atoms with Gasteiger partial charge in [-0.25, -0.2) is 4.79 Å². The maximum absolute atomic E-state index is 12.2. The molecule has 6 nitrogen and oxygen atoms in total. The number of ether oxygens (including phenoxy) is 1.